The molecule has 1 N–H and O–H groups in total. The van der Waals surface area contributed by atoms with Gasteiger partial charge >= 0.3 is 5.97 Å². The number of nitrogens with zero attached hydrogens (tertiary/aromatic N) is 1. The van der Waals surface area contributed by atoms with E-state index in [0.29, 0.717) is 0 Å². The second kappa shape index (κ2) is 5.17. The zero-order valence-electron chi connectivity index (χ0n) is 8.89. The number of nitro benzene ring substituents is 1. The Hall–Kier alpha value is -1.58. The van der Waals surface area contributed by atoms with Crippen molar-refractivity contribution in [2.75, 3.05) is 14.2 Å². The van der Waals surface area contributed by atoms with Crippen LogP contribution in [0, 0.1) is 13.7 Å². The molecule has 0 aliphatic heterocycles. The number of rotatable bonds is 4. The van der Waals surface area contributed by atoms with Gasteiger partial charge in [-0.05, 0) is 22.6 Å². The molecule has 0 bridgehead atoms. The molecule has 0 saturated carbocycles. The second-order valence-electron chi connectivity index (χ2n) is 2.88. The van der Waals surface area contributed by atoms with Crippen LogP contribution in [0.4, 0.5) is 5.69 Å². The summed E-state index contributed by atoms with van der Waals surface area (Å²) in [5.74, 6) is -1.10. The summed E-state index contributed by atoms with van der Waals surface area (Å²) in [5.41, 5.74) is -0.937. The van der Waals surface area contributed by atoms with E-state index >= 15 is 0 Å². The summed E-state index contributed by atoms with van der Waals surface area (Å²) in [7, 11) is 2.65. The maximum atomic E-state index is 11.0. The molecular weight excluding hydrogens is 345 g/mol. The Balaban J connectivity index is 3.67. The number of aromatic carboxylic acids is 1. The van der Waals surface area contributed by atoms with Gasteiger partial charge in [0.15, 0.2) is 17.1 Å². The van der Waals surface area contributed by atoms with Gasteiger partial charge in [-0.25, -0.2) is 4.79 Å². The molecule has 0 aliphatic carbocycles. The van der Waals surface area contributed by atoms with Gasteiger partial charge in [0.1, 0.15) is 0 Å². The van der Waals surface area contributed by atoms with Gasteiger partial charge in [0.05, 0.1) is 28.8 Å². The van der Waals surface area contributed by atoms with E-state index in [1.165, 1.54) is 14.2 Å². The Morgan fingerprint density at radius 2 is 2.06 bits per heavy atom. The van der Waals surface area contributed by atoms with E-state index in [-0.39, 0.29) is 15.1 Å². The minimum atomic E-state index is -1.39. The molecule has 1 rings (SSSR count). The summed E-state index contributed by atoms with van der Waals surface area (Å²) in [6.07, 6.45) is 0. The van der Waals surface area contributed by atoms with Gasteiger partial charge < -0.3 is 14.6 Å². The van der Waals surface area contributed by atoms with Crippen molar-refractivity contribution in [1.82, 2.24) is 0 Å². The molecule has 0 saturated heterocycles. The van der Waals surface area contributed by atoms with Gasteiger partial charge in [0.2, 0.25) is 0 Å². The van der Waals surface area contributed by atoms with Gasteiger partial charge in [0, 0.05) is 0 Å². The molecule has 1 aromatic carbocycles. The molecule has 0 unspecified atom stereocenters. The molecule has 0 aliphatic rings. The topological polar surface area (TPSA) is 98.9 Å². The van der Waals surface area contributed by atoms with Crippen molar-refractivity contribution in [3.05, 3.63) is 25.3 Å². The van der Waals surface area contributed by atoms with E-state index in [0.717, 1.165) is 6.07 Å². The van der Waals surface area contributed by atoms with E-state index in [1.54, 1.807) is 22.6 Å². The fourth-order valence-electron chi connectivity index (χ4n) is 1.29. The van der Waals surface area contributed by atoms with Crippen molar-refractivity contribution < 1.29 is 24.3 Å². The van der Waals surface area contributed by atoms with Crippen molar-refractivity contribution in [1.29, 1.82) is 0 Å². The van der Waals surface area contributed by atoms with Crippen LogP contribution in [0.15, 0.2) is 6.07 Å². The molecule has 0 amide bonds. The van der Waals surface area contributed by atoms with E-state index in [9.17, 15) is 14.9 Å². The zero-order valence-corrected chi connectivity index (χ0v) is 11.0. The highest BCUT2D eigenvalue weighted by molar-refractivity contribution is 14.1. The van der Waals surface area contributed by atoms with Gasteiger partial charge in [-0.1, -0.05) is 0 Å². The zero-order chi connectivity index (χ0) is 13.2. The molecule has 17 heavy (non-hydrogen) atoms. The first-order valence-corrected chi connectivity index (χ1v) is 5.34. The van der Waals surface area contributed by atoms with Crippen LogP contribution in [0.5, 0.6) is 11.5 Å². The third-order valence-corrected chi connectivity index (χ3v) is 3.03. The highest BCUT2D eigenvalue weighted by Crippen LogP contribution is 2.39. The van der Waals surface area contributed by atoms with Gasteiger partial charge in [-0.15, -0.1) is 0 Å². The van der Waals surface area contributed by atoms with Crippen molar-refractivity contribution in [2.45, 2.75) is 0 Å². The first-order valence-electron chi connectivity index (χ1n) is 4.26. The molecule has 1 aromatic rings. The van der Waals surface area contributed by atoms with Crippen LogP contribution in [0.3, 0.4) is 0 Å². The van der Waals surface area contributed by atoms with Crippen molar-refractivity contribution in [2.24, 2.45) is 0 Å². The van der Waals surface area contributed by atoms with Crippen LogP contribution < -0.4 is 9.47 Å². The summed E-state index contributed by atoms with van der Waals surface area (Å²) < 4.78 is 10.0. The Bertz CT molecular complexity index is 487. The minimum absolute atomic E-state index is 0.119. The highest BCUT2D eigenvalue weighted by Gasteiger charge is 2.29. The average Bonchev–Trinajstić information content (AvgIpc) is 2.26. The van der Waals surface area contributed by atoms with E-state index < -0.39 is 22.1 Å². The molecule has 0 atom stereocenters. The molecule has 8 heteroatoms. The number of ether oxygens (including phenoxy) is 2. The minimum Gasteiger partial charge on any atom is -0.493 e. The largest absolute Gasteiger partial charge is 0.493 e. The average molecular weight is 353 g/mol. The lowest BCUT2D eigenvalue weighted by molar-refractivity contribution is -0.385. The van der Waals surface area contributed by atoms with Crippen LogP contribution in [0.1, 0.15) is 10.4 Å². The van der Waals surface area contributed by atoms with Crippen LogP contribution in [0.25, 0.3) is 0 Å². The fourth-order valence-corrected chi connectivity index (χ4v) is 2.28. The summed E-state index contributed by atoms with van der Waals surface area (Å²) in [5, 5.41) is 19.8. The number of benzene rings is 1. The number of hydrogen-bond donors (Lipinski definition) is 1. The van der Waals surface area contributed by atoms with Crippen molar-refractivity contribution in [3.8, 4) is 11.5 Å². The van der Waals surface area contributed by atoms with E-state index in [4.69, 9.17) is 14.6 Å². The predicted molar refractivity (Wildman–Crippen MR) is 65.9 cm³/mol. The Morgan fingerprint density at radius 3 is 2.41 bits per heavy atom. The standard InChI is InChI=1S/C9H8INO6/c1-16-5-3-4(11(14)15)6(9(12)13)7(10)8(5)17-2/h3H,1-2H3,(H,12,13). The number of halogens is 1. The third kappa shape index (κ3) is 2.40. The second-order valence-corrected chi connectivity index (χ2v) is 3.96. The molecule has 0 radical (unpaired) electrons. The van der Waals surface area contributed by atoms with Crippen LogP contribution in [0.2, 0.25) is 0 Å². The summed E-state index contributed by atoms with van der Waals surface area (Å²) in [4.78, 5) is 21.0. The highest BCUT2D eigenvalue weighted by atomic mass is 127. The Labute approximate surface area is 110 Å². The number of carboxylic acids is 1. The van der Waals surface area contributed by atoms with Gasteiger partial charge in [-0.3, -0.25) is 10.1 Å². The number of methoxy groups -OCH3 is 2. The fraction of sp³-hybridized carbons (Fsp3) is 0.222. The monoisotopic (exact) mass is 353 g/mol. The molecule has 92 valence electrons. The first kappa shape index (κ1) is 13.5. The van der Waals surface area contributed by atoms with Crippen LogP contribution in [-0.2, 0) is 0 Å². The van der Waals surface area contributed by atoms with Crippen LogP contribution >= 0.6 is 22.6 Å². The SMILES string of the molecule is COc1cc([N+](=O)[O-])c(C(=O)O)c(I)c1OC. The third-order valence-electron chi connectivity index (χ3n) is 2.00. The van der Waals surface area contributed by atoms with Crippen LogP contribution in [-0.4, -0.2) is 30.2 Å². The Kier molecular flexibility index (Phi) is 4.10. The molecule has 7 nitrogen and oxygen atoms in total. The van der Waals surface area contributed by atoms with Crippen molar-refractivity contribution >= 4 is 34.2 Å². The van der Waals surface area contributed by atoms with E-state index in [1.807, 2.05) is 0 Å². The molecule has 0 fully saturated rings. The van der Waals surface area contributed by atoms with Gasteiger partial charge in [-0.2, -0.15) is 0 Å². The summed E-state index contributed by atoms with van der Waals surface area (Å²) in [6, 6.07) is 1.03. The molecule has 0 spiro atoms. The lowest BCUT2D eigenvalue weighted by Gasteiger charge is -2.11. The van der Waals surface area contributed by atoms with Gasteiger partial charge in [0.25, 0.3) is 5.69 Å². The number of carboxylic acid groups (broad SMARTS) is 1. The lowest BCUT2D eigenvalue weighted by atomic mass is 10.1. The number of hydrogen-bond acceptors (Lipinski definition) is 5. The quantitative estimate of drug-likeness (QED) is 0.504. The lowest BCUT2D eigenvalue weighted by Crippen LogP contribution is -2.08. The summed E-state index contributed by atoms with van der Waals surface area (Å²) >= 11 is 1.67. The smallest absolute Gasteiger partial charge is 0.343 e. The van der Waals surface area contributed by atoms with E-state index in [2.05, 4.69) is 0 Å². The maximum absolute atomic E-state index is 11.0. The normalized spacial score (nSPS) is 9.82. The maximum Gasteiger partial charge on any atom is 0.343 e. The number of carbonyl (C=O) groups is 1. The summed E-state index contributed by atoms with van der Waals surface area (Å²) in [6.45, 7) is 0. The molecule has 0 heterocycles. The molecular formula is C9H8INO6. The predicted octanol–water partition coefficient (Wildman–Crippen LogP) is 1.91. The molecule has 0 aromatic heterocycles. The Morgan fingerprint density at radius 1 is 1.47 bits per heavy atom. The van der Waals surface area contributed by atoms with Crippen molar-refractivity contribution in [3.63, 3.8) is 0 Å². The number of nitro groups is 1. The first-order chi connectivity index (χ1) is 7.93.